The lowest BCUT2D eigenvalue weighted by Gasteiger charge is -2.12. The molecule has 0 amide bonds. The van der Waals surface area contributed by atoms with Gasteiger partial charge in [-0.1, -0.05) is 67.3 Å². The summed E-state index contributed by atoms with van der Waals surface area (Å²) in [5, 5.41) is 12.4. The van der Waals surface area contributed by atoms with Crippen LogP contribution >= 0.6 is 0 Å². The summed E-state index contributed by atoms with van der Waals surface area (Å²) in [4.78, 5) is 11.2. The molecule has 27 heavy (non-hydrogen) atoms. The lowest BCUT2D eigenvalue weighted by atomic mass is 9.91. The molecule has 0 aliphatic rings. The summed E-state index contributed by atoms with van der Waals surface area (Å²) in [6, 6.07) is 17.7. The summed E-state index contributed by atoms with van der Waals surface area (Å²) >= 11 is 0. The molecule has 1 aromatic heterocycles. The molecular weight excluding hydrogens is 336 g/mol. The number of hydrogen-bond acceptors (Lipinski definition) is 2. The van der Waals surface area contributed by atoms with Crippen molar-refractivity contribution in [1.29, 1.82) is 0 Å². The van der Waals surface area contributed by atoms with Crippen LogP contribution in [0.4, 0.5) is 0 Å². The maximum Gasteiger partial charge on any atom is 0.214 e. The van der Waals surface area contributed by atoms with E-state index < -0.39 is 0 Å². The van der Waals surface area contributed by atoms with Gasteiger partial charge in [0.1, 0.15) is 0 Å². The normalized spacial score (nSPS) is 13.1. The fraction of sp³-hybridized carbons (Fsp3) is 0.130. The highest BCUT2D eigenvalue weighted by atomic mass is 16.6. The Kier molecular flexibility index (Phi) is 5.67. The van der Waals surface area contributed by atoms with Crippen molar-refractivity contribution < 1.29 is 4.92 Å². The minimum absolute atomic E-state index is 0.151. The smallest absolute Gasteiger partial charge is 0.214 e. The first-order valence-corrected chi connectivity index (χ1v) is 8.88. The van der Waals surface area contributed by atoms with Gasteiger partial charge in [0.15, 0.2) is 0 Å². The number of hydrogen-bond donors (Lipinski definition) is 0. The molecular formula is C23H22N2O2. The van der Waals surface area contributed by atoms with Crippen molar-refractivity contribution >= 4 is 16.6 Å². The summed E-state index contributed by atoms with van der Waals surface area (Å²) in [5.41, 5.74) is 3.87. The van der Waals surface area contributed by atoms with Crippen LogP contribution in [-0.2, 0) is 0 Å². The molecule has 0 N–H and O–H groups in total. The van der Waals surface area contributed by atoms with Gasteiger partial charge in [-0.3, -0.25) is 10.1 Å². The van der Waals surface area contributed by atoms with Gasteiger partial charge in [-0.25, -0.2) is 0 Å². The minimum Gasteiger partial charge on any atom is -0.316 e. The monoisotopic (exact) mass is 358 g/mol. The molecule has 0 saturated carbocycles. The van der Waals surface area contributed by atoms with Crippen molar-refractivity contribution in [3.63, 3.8) is 0 Å². The van der Waals surface area contributed by atoms with Crippen LogP contribution in [0.1, 0.15) is 24.0 Å². The molecule has 0 bridgehead atoms. The second-order valence-corrected chi connectivity index (χ2v) is 6.28. The number of benzene rings is 2. The average molecular weight is 358 g/mol. The molecule has 0 fully saturated rings. The SMILES string of the molecule is C=C/C=C(\C=C/C)n1cc(C(C[N+](=O)[O-])c2ccccc2)c2ccccc21. The number of nitro groups is 1. The molecule has 136 valence electrons. The number of allylic oxidation sites excluding steroid dienone is 5. The quantitative estimate of drug-likeness (QED) is 0.311. The number of aromatic nitrogens is 1. The lowest BCUT2D eigenvalue weighted by molar-refractivity contribution is -0.481. The van der Waals surface area contributed by atoms with Gasteiger partial charge >= 0.3 is 0 Å². The maximum atomic E-state index is 11.4. The molecule has 0 aliphatic carbocycles. The molecule has 3 aromatic rings. The Morgan fingerprint density at radius 1 is 1.19 bits per heavy atom. The number of rotatable bonds is 7. The summed E-state index contributed by atoms with van der Waals surface area (Å²) in [5.74, 6) is -0.317. The Morgan fingerprint density at radius 2 is 1.89 bits per heavy atom. The van der Waals surface area contributed by atoms with E-state index in [2.05, 4.69) is 11.1 Å². The van der Waals surface area contributed by atoms with E-state index in [-0.39, 0.29) is 17.4 Å². The van der Waals surface area contributed by atoms with Crippen LogP contribution < -0.4 is 0 Å². The van der Waals surface area contributed by atoms with E-state index in [4.69, 9.17) is 0 Å². The summed E-state index contributed by atoms with van der Waals surface area (Å²) in [6.45, 7) is 5.61. The van der Waals surface area contributed by atoms with Gasteiger partial charge in [0, 0.05) is 22.2 Å². The molecule has 2 aromatic carbocycles. The summed E-state index contributed by atoms with van der Waals surface area (Å²) in [7, 11) is 0. The number of para-hydroxylation sites is 1. The van der Waals surface area contributed by atoms with E-state index in [9.17, 15) is 10.1 Å². The zero-order chi connectivity index (χ0) is 19.2. The predicted molar refractivity (Wildman–Crippen MR) is 111 cm³/mol. The Bertz CT molecular complexity index is 1010. The van der Waals surface area contributed by atoms with Crippen LogP contribution in [-0.4, -0.2) is 16.0 Å². The van der Waals surface area contributed by atoms with Gasteiger partial charge in [0.2, 0.25) is 6.54 Å². The van der Waals surface area contributed by atoms with Crippen molar-refractivity contribution in [2.24, 2.45) is 0 Å². The Morgan fingerprint density at radius 3 is 2.56 bits per heavy atom. The van der Waals surface area contributed by atoms with Crippen molar-refractivity contribution in [1.82, 2.24) is 4.57 Å². The Hall–Kier alpha value is -3.40. The van der Waals surface area contributed by atoms with Crippen molar-refractivity contribution in [3.8, 4) is 0 Å². The van der Waals surface area contributed by atoms with E-state index in [0.29, 0.717) is 0 Å². The first-order chi connectivity index (χ1) is 13.2. The Labute approximate surface area is 158 Å². The van der Waals surface area contributed by atoms with E-state index in [1.54, 1.807) is 6.08 Å². The van der Waals surface area contributed by atoms with Crippen molar-refractivity contribution in [3.05, 3.63) is 113 Å². The summed E-state index contributed by atoms with van der Waals surface area (Å²) in [6.07, 6.45) is 9.66. The van der Waals surface area contributed by atoms with Crippen LogP contribution in [0.3, 0.4) is 0 Å². The third-order valence-electron chi connectivity index (χ3n) is 4.56. The highest BCUT2D eigenvalue weighted by molar-refractivity contribution is 5.89. The van der Waals surface area contributed by atoms with E-state index in [1.165, 1.54) is 0 Å². The summed E-state index contributed by atoms with van der Waals surface area (Å²) < 4.78 is 2.07. The van der Waals surface area contributed by atoms with Crippen LogP contribution in [0.15, 0.2) is 91.7 Å². The molecule has 1 atom stereocenters. The molecule has 3 rings (SSSR count). The molecule has 4 nitrogen and oxygen atoms in total. The standard InChI is InChI=1S/C23H22N2O2/c1-3-10-19(11-4-2)24-16-22(20-14-8-9-15-23(20)24)21(17-25(26)27)18-12-6-5-7-13-18/h3-16,21H,1,17H2,2H3/b11-4-,19-10+. The van der Waals surface area contributed by atoms with Gasteiger partial charge in [-0.05, 0) is 36.3 Å². The third-order valence-corrected chi connectivity index (χ3v) is 4.56. The number of fused-ring (bicyclic) bond motifs is 1. The van der Waals surface area contributed by atoms with E-state index >= 15 is 0 Å². The molecule has 0 spiro atoms. The zero-order valence-corrected chi connectivity index (χ0v) is 15.3. The zero-order valence-electron chi connectivity index (χ0n) is 15.3. The number of nitrogens with zero attached hydrogens (tertiary/aromatic N) is 2. The van der Waals surface area contributed by atoms with Crippen LogP contribution in [0.2, 0.25) is 0 Å². The molecule has 4 heteroatoms. The molecule has 1 unspecified atom stereocenters. The molecule has 0 saturated heterocycles. The first kappa shape index (κ1) is 18.4. The van der Waals surface area contributed by atoms with Gasteiger partial charge in [0.25, 0.3) is 0 Å². The van der Waals surface area contributed by atoms with Crippen molar-refractivity contribution in [2.45, 2.75) is 12.8 Å². The fourth-order valence-corrected chi connectivity index (χ4v) is 3.42. The van der Waals surface area contributed by atoms with E-state index in [1.807, 2.05) is 85.9 Å². The topological polar surface area (TPSA) is 48.1 Å². The molecule has 0 radical (unpaired) electrons. The van der Waals surface area contributed by atoms with Crippen LogP contribution in [0.25, 0.3) is 16.6 Å². The molecule has 1 heterocycles. The Balaban J connectivity index is 2.25. The predicted octanol–water partition coefficient (Wildman–Crippen LogP) is 5.65. The highest BCUT2D eigenvalue weighted by Gasteiger charge is 2.24. The third kappa shape index (κ3) is 3.90. The highest BCUT2D eigenvalue weighted by Crippen LogP contribution is 2.34. The second kappa shape index (κ2) is 8.32. The van der Waals surface area contributed by atoms with Crippen LogP contribution in [0, 0.1) is 10.1 Å². The van der Waals surface area contributed by atoms with Gasteiger partial charge in [-0.15, -0.1) is 0 Å². The fourth-order valence-electron chi connectivity index (χ4n) is 3.42. The molecule has 0 aliphatic heterocycles. The van der Waals surface area contributed by atoms with Gasteiger partial charge in [0.05, 0.1) is 11.4 Å². The van der Waals surface area contributed by atoms with Crippen molar-refractivity contribution in [2.75, 3.05) is 6.54 Å². The minimum atomic E-state index is -0.317. The van der Waals surface area contributed by atoms with E-state index in [0.717, 1.165) is 27.7 Å². The first-order valence-electron chi connectivity index (χ1n) is 8.88. The second-order valence-electron chi connectivity index (χ2n) is 6.28. The average Bonchev–Trinajstić information content (AvgIpc) is 3.06. The van der Waals surface area contributed by atoms with Gasteiger partial charge < -0.3 is 4.57 Å². The van der Waals surface area contributed by atoms with Gasteiger partial charge in [-0.2, -0.15) is 0 Å². The van der Waals surface area contributed by atoms with Crippen LogP contribution in [0.5, 0.6) is 0 Å². The largest absolute Gasteiger partial charge is 0.316 e. The maximum absolute atomic E-state index is 11.4. The lowest BCUT2D eigenvalue weighted by Crippen LogP contribution is -2.13.